The van der Waals surface area contributed by atoms with Crippen LogP contribution in [0.4, 0.5) is 5.69 Å². The molecule has 0 spiro atoms. The van der Waals surface area contributed by atoms with Gasteiger partial charge in [0, 0.05) is 17.9 Å². The summed E-state index contributed by atoms with van der Waals surface area (Å²) < 4.78 is 11.5. The molecule has 1 heterocycles. The molecule has 0 saturated heterocycles. The Labute approximate surface area is 161 Å². The molecule has 0 bridgehead atoms. The Kier molecular flexibility index (Phi) is 4.64. The van der Waals surface area contributed by atoms with Crippen LogP contribution in [-0.2, 0) is 4.79 Å². The largest absolute Gasteiger partial charge is 0.457 e. The molecule has 0 atom stereocenters. The third kappa shape index (κ3) is 3.50. The molecule has 0 aliphatic carbocycles. The number of ether oxygens (including phenoxy) is 1. The van der Waals surface area contributed by atoms with Crippen LogP contribution < -0.4 is 10.1 Å². The number of benzene rings is 3. The highest BCUT2D eigenvalue weighted by atomic mass is 16.5. The fourth-order valence-corrected chi connectivity index (χ4v) is 2.94. The van der Waals surface area contributed by atoms with Gasteiger partial charge < -0.3 is 14.5 Å². The van der Waals surface area contributed by atoms with Gasteiger partial charge in [-0.15, -0.1) is 0 Å². The minimum Gasteiger partial charge on any atom is -0.457 e. The number of rotatable bonds is 5. The number of fused-ring (bicyclic) bond motifs is 1. The quantitative estimate of drug-likeness (QED) is 0.476. The molecule has 5 heteroatoms. The Balaban J connectivity index is 1.65. The zero-order valence-corrected chi connectivity index (χ0v) is 15.1. The second kappa shape index (κ2) is 7.40. The second-order valence-electron chi connectivity index (χ2n) is 6.25. The van der Waals surface area contributed by atoms with Crippen molar-refractivity contribution in [1.82, 2.24) is 0 Å². The van der Waals surface area contributed by atoms with Gasteiger partial charge in [-0.25, -0.2) is 0 Å². The second-order valence-corrected chi connectivity index (χ2v) is 6.25. The van der Waals surface area contributed by atoms with Crippen molar-refractivity contribution in [3.05, 3.63) is 90.2 Å². The Bertz CT molecular complexity index is 1140. The van der Waals surface area contributed by atoms with Crippen LogP contribution in [0.15, 0.2) is 83.3 Å². The summed E-state index contributed by atoms with van der Waals surface area (Å²) in [7, 11) is 0. The van der Waals surface area contributed by atoms with E-state index in [0.29, 0.717) is 33.7 Å². The standard InChI is InChI=1S/C23H17NO4/c1-15(25)24-21-19-9-5-6-10-20(19)28-23(21)22(26)16-11-13-18(14-12-16)27-17-7-3-2-4-8-17/h2-14H,1H3,(H,24,25). The number of furan rings is 1. The predicted octanol–water partition coefficient (Wildman–Crippen LogP) is 5.41. The molecule has 1 N–H and O–H groups in total. The minimum atomic E-state index is -0.314. The van der Waals surface area contributed by atoms with Gasteiger partial charge in [-0.2, -0.15) is 0 Å². The average Bonchev–Trinajstić information content (AvgIpc) is 3.07. The van der Waals surface area contributed by atoms with E-state index >= 15 is 0 Å². The number of carbonyl (C=O) groups excluding carboxylic acids is 2. The number of ketones is 1. The summed E-state index contributed by atoms with van der Waals surface area (Å²) in [6.45, 7) is 1.39. The first-order chi connectivity index (χ1) is 13.6. The van der Waals surface area contributed by atoms with E-state index in [4.69, 9.17) is 9.15 Å². The highest BCUT2D eigenvalue weighted by molar-refractivity contribution is 6.17. The van der Waals surface area contributed by atoms with Crippen LogP contribution in [0.2, 0.25) is 0 Å². The lowest BCUT2D eigenvalue weighted by Gasteiger charge is -2.07. The first-order valence-electron chi connectivity index (χ1n) is 8.78. The maximum absolute atomic E-state index is 13.0. The van der Waals surface area contributed by atoms with E-state index in [1.807, 2.05) is 42.5 Å². The number of anilines is 1. The molecular weight excluding hydrogens is 354 g/mol. The van der Waals surface area contributed by atoms with Crippen molar-refractivity contribution in [2.45, 2.75) is 6.92 Å². The van der Waals surface area contributed by atoms with E-state index in [1.54, 1.807) is 36.4 Å². The van der Waals surface area contributed by atoms with E-state index in [1.165, 1.54) is 6.92 Å². The van der Waals surface area contributed by atoms with E-state index in [0.717, 1.165) is 0 Å². The van der Waals surface area contributed by atoms with Gasteiger partial charge in [-0.1, -0.05) is 30.3 Å². The predicted molar refractivity (Wildman–Crippen MR) is 107 cm³/mol. The van der Waals surface area contributed by atoms with Gasteiger partial charge >= 0.3 is 0 Å². The molecule has 0 aliphatic rings. The molecule has 1 amide bonds. The molecule has 3 aromatic carbocycles. The van der Waals surface area contributed by atoms with Crippen LogP contribution in [0.25, 0.3) is 11.0 Å². The summed E-state index contributed by atoms with van der Waals surface area (Å²) in [4.78, 5) is 24.6. The molecule has 0 unspecified atom stereocenters. The van der Waals surface area contributed by atoms with Gasteiger partial charge in [-0.05, 0) is 48.5 Å². The van der Waals surface area contributed by atoms with Gasteiger partial charge in [0.05, 0.1) is 5.69 Å². The highest BCUT2D eigenvalue weighted by Gasteiger charge is 2.22. The highest BCUT2D eigenvalue weighted by Crippen LogP contribution is 2.33. The summed E-state index contributed by atoms with van der Waals surface area (Å²) in [6, 6.07) is 23.4. The van der Waals surface area contributed by atoms with Crippen LogP contribution in [0, 0.1) is 0 Å². The van der Waals surface area contributed by atoms with Gasteiger partial charge in [0.1, 0.15) is 17.1 Å². The third-order valence-electron chi connectivity index (χ3n) is 4.20. The smallest absolute Gasteiger partial charge is 0.230 e. The van der Waals surface area contributed by atoms with Crippen LogP contribution >= 0.6 is 0 Å². The molecule has 0 fully saturated rings. The Morgan fingerprint density at radius 1 is 0.821 bits per heavy atom. The van der Waals surface area contributed by atoms with E-state index in [2.05, 4.69) is 5.32 Å². The lowest BCUT2D eigenvalue weighted by atomic mass is 10.1. The van der Waals surface area contributed by atoms with Gasteiger partial charge in [0.2, 0.25) is 11.7 Å². The number of para-hydroxylation sites is 2. The van der Waals surface area contributed by atoms with Gasteiger partial charge in [0.25, 0.3) is 0 Å². The molecule has 0 radical (unpaired) electrons. The van der Waals surface area contributed by atoms with Crippen molar-refractivity contribution in [2.75, 3.05) is 5.32 Å². The third-order valence-corrected chi connectivity index (χ3v) is 4.20. The van der Waals surface area contributed by atoms with Crippen LogP contribution in [-0.4, -0.2) is 11.7 Å². The normalized spacial score (nSPS) is 10.6. The van der Waals surface area contributed by atoms with E-state index in [9.17, 15) is 9.59 Å². The molecular formula is C23H17NO4. The summed E-state index contributed by atoms with van der Waals surface area (Å²) in [5.41, 5.74) is 1.36. The first kappa shape index (κ1) is 17.5. The molecule has 28 heavy (non-hydrogen) atoms. The number of nitrogens with one attached hydrogen (secondary N) is 1. The monoisotopic (exact) mass is 371 g/mol. The van der Waals surface area contributed by atoms with Crippen molar-refractivity contribution >= 4 is 28.3 Å². The lowest BCUT2D eigenvalue weighted by molar-refractivity contribution is -0.114. The zero-order valence-electron chi connectivity index (χ0n) is 15.1. The van der Waals surface area contributed by atoms with Crippen molar-refractivity contribution in [1.29, 1.82) is 0 Å². The van der Waals surface area contributed by atoms with Crippen molar-refractivity contribution < 1.29 is 18.7 Å². The maximum atomic E-state index is 13.0. The fraction of sp³-hybridized carbons (Fsp3) is 0.0435. The molecule has 1 aromatic heterocycles. The summed E-state index contributed by atoms with van der Waals surface area (Å²) in [5, 5.41) is 3.40. The number of carbonyl (C=O) groups is 2. The number of amides is 1. The van der Waals surface area contributed by atoms with Gasteiger partial charge in [-0.3, -0.25) is 9.59 Å². The Morgan fingerprint density at radius 2 is 1.46 bits per heavy atom. The molecule has 138 valence electrons. The van der Waals surface area contributed by atoms with Crippen molar-refractivity contribution in [3.63, 3.8) is 0 Å². The number of hydrogen-bond acceptors (Lipinski definition) is 4. The van der Waals surface area contributed by atoms with Crippen LogP contribution in [0.1, 0.15) is 23.0 Å². The van der Waals surface area contributed by atoms with Gasteiger partial charge in [0.15, 0.2) is 5.76 Å². The summed E-state index contributed by atoms with van der Waals surface area (Å²) in [6.07, 6.45) is 0. The Hall–Kier alpha value is -3.86. The SMILES string of the molecule is CC(=O)Nc1c(C(=O)c2ccc(Oc3ccccc3)cc2)oc2ccccc12. The fourth-order valence-electron chi connectivity index (χ4n) is 2.94. The molecule has 5 nitrogen and oxygen atoms in total. The van der Waals surface area contributed by atoms with Crippen molar-refractivity contribution in [2.24, 2.45) is 0 Å². The summed E-state index contributed by atoms with van der Waals surface area (Å²) >= 11 is 0. The van der Waals surface area contributed by atoms with Crippen LogP contribution in [0.5, 0.6) is 11.5 Å². The van der Waals surface area contributed by atoms with Crippen molar-refractivity contribution in [3.8, 4) is 11.5 Å². The number of hydrogen-bond donors (Lipinski definition) is 1. The minimum absolute atomic E-state index is 0.105. The maximum Gasteiger partial charge on any atom is 0.230 e. The zero-order chi connectivity index (χ0) is 19.5. The molecule has 0 aliphatic heterocycles. The summed E-state index contributed by atoms with van der Waals surface area (Å²) in [5.74, 6) is 0.854. The van der Waals surface area contributed by atoms with E-state index < -0.39 is 0 Å². The molecule has 4 aromatic rings. The first-order valence-corrected chi connectivity index (χ1v) is 8.78. The molecule has 4 rings (SSSR count). The van der Waals surface area contributed by atoms with Crippen LogP contribution in [0.3, 0.4) is 0 Å². The van der Waals surface area contributed by atoms with E-state index in [-0.39, 0.29) is 17.5 Å². The topological polar surface area (TPSA) is 68.5 Å². The molecule has 0 saturated carbocycles. The Morgan fingerprint density at radius 3 is 2.18 bits per heavy atom. The lowest BCUT2D eigenvalue weighted by Crippen LogP contribution is -2.10. The average molecular weight is 371 g/mol.